The molecule has 1 aliphatic carbocycles. The van der Waals surface area contributed by atoms with Gasteiger partial charge in [0.05, 0.1) is 11.8 Å². The molecule has 0 radical (unpaired) electrons. The summed E-state index contributed by atoms with van der Waals surface area (Å²) in [6, 6.07) is 6.34. The number of tetrazole rings is 1. The Labute approximate surface area is 117 Å². The van der Waals surface area contributed by atoms with Crippen LogP contribution in [-0.2, 0) is 0 Å². The molecule has 0 saturated heterocycles. The van der Waals surface area contributed by atoms with Gasteiger partial charge in [0.15, 0.2) is 0 Å². The van der Waals surface area contributed by atoms with Gasteiger partial charge in [-0.2, -0.15) is 0 Å². The van der Waals surface area contributed by atoms with Gasteiger partial charge in [0, 0.05) is 17.1 Å². The molecule has 0 bridgehead atoms. The summed E-state index contributed by atoms with van der Waals surface area (Å²) in [6.07, 6.45) is 2.12. The number of hydrogen-bond acceptors (Lipinski definition) is 5. The molecule has 0 spiro atoms. The zero-order chi connectivity index (χ0) is 14.3. The van der Waals surface area contributed by atoms with Gasteiger partial charge in [-0.3, -0.25) is 0 Å². The first-order valence-corrected chi connectivity index (χ1v) is 6.77. The number of anilines is 1. The van der Waals surface area contributed by atoms with Crippen LogP contribution < -0.4 is 5.32 Å². The van der Waals surface area contributed by atoms with E-state index in [0.717, 1.165) is 17.8 Å². The third-order valence-electron chi connectivity index (χ3n) is 4.38. The van der Waals surface area contributed by atoms with Crippen LogP contribution in [0.25, 0.3) is 5.69 Å². The lowest BCUT2D eigenvalue weighted by atomic mass is 9.64. The highest BCUT2D eigenvalue weighted by molar-refractivity contribution is 5.57. The third-order valence-corrected chi connectivity index (χ3v) is 4.38. The number of rotatable bonds is 3. The minimum Gasteiger partial charge on any atom is -0.392 e. The monoisotopic (exact) mass is 273 g/mol. The predicted octanol–water partition coefficient (Wildman–Crippen LogP) is 1.54. The fraction of sp³-hybridized carbons (Fsp3) is 0.500. The Hall–Kier alpha value is -1.95. The smallest absolute Gasteiger partial charge is 0.143 e. The Morgan fingerprint density at radius 1 is 1.40 bits per heavy atom. The minimum absolute atomic E-state index is 0.0999. The number of aryl methyl sites for hydroxylation is 1. The van der Waals surface area contributed by atoms with Gasteiger partial charge < -0.3 is 10.4 Å². The molecule has 0 aliphatic heterocycles. The molecule has 1 aromatic carbocycles. The van der Waals surface area contributed by atoms with Gasteiger partial charge in [-0.05, 0) is 41.5 Å². The fourth-order valence-electron chi connectivity index (χ4n) is 2.52. The number of aromatic nitrogens is 4. The lowest BCUT2D eigenvalue weighted by Gasteiger charge is -2.50. The minimum atomic E-state index is -0.233. The average Bonchev–Trinajstić information content (AvgIpc) is 2.94. The maximum absolute atomic E-state index is 9.83. The van der Waals surface area contributed by atoms with Crippen LogP contribution in [0, 0.1) is 12.3 Å². The molecule has 1 fully saturated rings. The van der Waals surface area contributed by atoms with Crippen molar-refractivity contribution in [2.75, 3.05) is 5.32 Å². The Kier molecular flexibility index (Phi) is 2.97. The van der Waals surface area contributed by atoms with Crippen molar-refractivity contribution in [3.63, 3.8) is 0 Å². The quantitative estimate of drug-likeness (QED) is 0.887. The molecule has 6 heteroatoms. The lowest BCUT2D eigenvalue weighted by molar-refractivity contribution is -0.0510. The van der Waals surface area contributed by atoms with Crippen LogP contribution in [0.15, 0.2) is 24.5 Å². The highest BCUT2D eigenvalue weighted by atomic mass is 16.3. The molecular weight excluding hydrogens is 254 g/mol. The first-order valence-electron chi connectivity index (χ1n) is 6.77. The molecule has 2 atom stereocenters. The van der Waals surface area contributed by atoms with Crippen LogP contribution in [0.4, 0.5) is 5.69 Å². The second kappa shape index (κ2) is 4.56. The number of benzene rings is 1. The standard InChI is InChI=1S/C14H19N5O/c1-9-4-5-10(19-8-15-17-18-19)6-11(9)16-12-7-13(20)14(12,2)3/h4-6,8,12-13,16,20H,7H2,1-3H3. The van der Waals surface area contributed by atoms with E-state index < -0.39 is 0 Å². The zero-order valence-electron chi connectivity index (χ0n) is 11.9. The van der Waals surface area contributed by atoms with Crippen molar-refractivity contribution in [3.8, 4) is 5.69 Å². The highest BCUT2D eigenvalue weighted by Crippen LogP contribution is 2.42. The van der Waals surface area contributed by atoms with Crippen molar-refractivity contribution in [2.45, 2.75) is 39.3 Å². The number of aliphatic hydroxyl groups is 1. The SMILES string of the molecule is Cc1ccc(-n2cnnn2)cc1NC1CC(O)C1(C)C. The largest absolute Gasteiger partial charge is 0.392 e. The molecule has 1 saturated carbocycles. The van der Waals surface area contributed by atoms with Gasteiger partial charge >= 0.3 is 0 Å². The van der Waals surface area contributed by atoms with E-state index in [1.165, 1.54) is 5.56 Å². The number of nitrogens with one attached hydrogen (secondary N) is 1. The van der Waals surface area contributed by atoms with Crippen molar-refractivity contribution in [1.82, 2.24) is 20.2 Å². The van der Waals surface area contributed by atoms with Crippen molar-refractivity contribution in [2.24, 2.45) is 5.41 Å². The molecule has 6 nitrogen and oxygen atoms in total. The number of nitrogens with zero attached hydrogens (tertiary/aromatic N) is 4. The molecule has 1 aromatic heterocycles. The zero-order valence-corrected chi connectivity index (χ0v) is 11.9. The predicted molar refractivity (Wildman–Crippen MR) is 75.7 cm³/mol. The molecule has 1 heterocycles. The van der Waals surface area contributed by atoms with E-state index in [-0.39, 0.29) is 17.6 Å². The molecule has 2 unspecified atom stereocenters. The van der Waals surface area contributed by atoms with E-state index in [9.17, 15) is 5.11 Å². The summed E-state index contributed by atoms with van der Waals surface area (Å²) in [6.45, 7) is 6.23. The van der Waals surface area contributed by atoms with Crippen molar-refractivity contribution in [3.05, 3.63) is 30.1 Å². The van der Waals surface area contributed by atoms with Gasteiger partial charge in [-0.25, -0.2) is 4.68 Å². The number of aliphatic hydroxyl groups excluding tert-OH is 1. The Bertz CT molecular complexity index is 608. The first-order chi connectivity index (χ1) is 9.48. The molecule has 2 N–H and O–H groups in total. The van der Waals surface area contributed by atoms with E-state index in [0.29, 0.717) is 0 Å². The van der Waals surface area contributed by atoms with Crippen molar-refractivity contribution in [1.29, 1.82) is 0 Å². The van der Waals surface area contributed by atoms with Gasteiger partial charge in [-0.15, -0.1) is 5.10 Å². The maximum Gasteiger partial charge on any atom is 0.143 e. The molecule has 0 amide bonds. The normalized spacial score (nSPS) is 24.2. The molecule has 3 rings (SSSR count). The maximum atomic E-state index is 9.83. The van der Waals surface area contributed by atoms with Crippen molar-refractivity contribution < 1.29 is 5.11 Å². The topological polar surface area (TPSA) is 75.9 Å². The van der Waals surface area contributed by atoms with Gasteiger partial charge in [0.1, 0.15) is 6.33 Å². The van der Waals surface area contributed by atoms with Crippen LogP contribution in [-0.4, -0.2) is 37.5 Å². The highest BCUT2D eigenvalue weighted by Gasteiger charge is 2.47. The van der Waals surface area contributed by atoms with E-state index in [2.05, 4.69) is 41.6 Å². The summed E-state index contributed by atoms with van der Waals surface area (Å²) >= 11 is 0. The van der Waals surface area contributed by atoms with E-state index >= 15 is 0 Å². The van der Waals surface area contributed by atoms with Crippen LogP contribution in [0.1, 0.15) is 25.8 Å². The molecule has 106 valence electrons. The lowest BCUT2D eigenvalue weighted by Crippen LogP contribution is -2.56. The Balaban J connectivity index is 1.85. The van der Waals surface area contributed by atoms with Crippen LogP contribution >= 0.6 is 0 Å². The Morgan fingerprint density at radius 2 is 2.20 bits per heavy atom. The Morgan fingerprint density at radius 3 is 2.80 bits per heavy atom. The summed E-state index contributed by atoms with van der Waals surface area (Å²) in [5.74, 6) is 0. The molecule has 1 aliphatic rings. The number of hydrogen-bond donors (Lipinski definition) is 2. The molecular formula is C14H19N5O. The van der Waals surface area contributed by atoms with Gasteiger partial charge in [-0.1, -0.05) is 19.9 Å². The third kappa shape index (κ3) is 2.06. The van der Waals surface area contributed by atoms with E-state index in [1.54, 1.807) is 11.0 Å². The van der Waals surface area contributed by atoms with Gasteiger partial charge in [0.25, 0.3) is 0 Å². The molecule has 20 heavy (non-hydrogen) atoms. The second-order valence-electron chi connectivity index (χ2n) is 6.02. The van der Waals surface area contributed by atoms with Gasteiger partial charge in [0.2, 0.25) is 0 Å². The summed E-state index contributed by atoms with van der Waals surface area (Å²) < 4.78 is 1.63. The summed E-state index contributed by atoms with van der Waals surface area (Å²) in [7, 11) is 0. The summed E-state index contributed by atoms with van der Waals surface area (Å²) in [5, 5.41) is 24.6. The summed E-state index contributed by atoms with van der Waals surface area (Å²) in [5.41, 5.74) is 3.04. The second-order valence-corrected chi connectivity index (χ2v) is 6.02. The fourth-order valence-corrected chi connectivity index (χ4v) is 2.52. The van der Waals surface area contributed by atoms with Crippen LogP contribution in [0.5, 0.6) is 0 Å². The van der Waals surface area contributed by atoms with Crippen molar-refractivity contribution >= 4 is 5.69 Å². The first kappa shape index (κ1) is 13.1. The van der Waals surface area contributed by atoms with E-state index in [1.807, 2.05) is 18.2 Å². The van der Waals surface area contributed by atoms with Crippen LogP contribution in [0.3, 0.4) is 0 Å². The average molecular weight is 273 g/mol. The van der Waals surface area contributed by atoms with Crippen LogP contribution in [0.2, 0.25) is 0 Å². The molecule has 2 aromatic rings. The summed E-state index contributed by atoms with van der Waals surface area (Å²) in [4.78, 5) is 0. The van der Waals surface area contributed by atoms with E-state index in [4.69, 9.17) is 0 Å².